The number of hydrogen-bond acceptors (Lipinski definition) is 3. The first-order valence-corrected chi connectivity index (χ1v) is 6.29. The Kier molecular flexibility index (Phi) is 5.17. The van der Waals surface area contributed by atoms with Crippen LogP contribution in [-0.2, 0) is 20.7 Å². The Morgan fingerprint density at radius 2 is 2.33 bits per heavy atom. The maximum atomic E-state index is 13.2. The third-order valence-corrected chi connectivity index (χ3v) is 3.03. The van der Waals surface area contributed by atoms with Crippen molar-refractivity contribution < 1.29 is 18.5 Å². The molecule has 0 N–H and O–H groups in total. The van der Waals surface area contributed by atoms with Crippen LogP contribution in [0.25, 0.3) is 0 Å². The molecular formula is C13H18BFO3. The molecule has 5 heteroatoms. The zero-order valence-electron chi connectivity index (χ0n) is 10.7. The number of ether oxygens (including phenoxy) is 2. The topological polar surface area (TPSA) is 27.7 Å². The highest BCUT2D eigenvalue weighted by atomic mass is 19.1. The summed E-state index contributed by atoms with van der Waals surface area (Å²) in [6.45, 7) is 1.11. The minimum atomic E-state index is -0.252. The summed E-state index contributed by atoms with van der Waals surface area (Å²) < 4.78 is 29.5. The van der Waals surface area contributed by atoms with Crippen LogP contribution in [-0.4, -0.2) is 27.5 Å². The highest BCUT2D eigenvalue weighted by Gasteiger charge is 2.15. The van der Waals surface area contributed by atoms with Crippen LogP contribution >= 0.6 is 0 Å². The first-order chi connectivity index (χ1) is 8.79. The largest absolute Gasteiger partial charge is 0.437 e. The summed E-state index contributed by atoms with van der Waals surface area (Å²) in [6.07, 6.45) is 2.97. The molecule has 98 valence electrons. The highest BCUT2D eigenvalue weighted by molar-refractivity contribution is 6.47. The number of halogens is 1. The lowest BCUT2D eigenvalue weighted by molar-refractivity contribution is -0.168. The maximum absolute atomic E-state index is 13.2. The monoisotopic (exact) mass is 252 g/mol. The van der Waals surface area contributed by atoms with E-state index in [9.17, 15) is 4.39 Å². The van der Waals surface area contributed by atoms with Crippen molar-refractivity contribution in [3.63, 3.8) is 0 Å². The van der Waals surface area contributed by atoms with Gasteiger partial charge in [-0.25, -0.2) is 4.39 Å². The second-order valence-corrected chi connectivity index (χ2v) is 4.45. The molecule has 0 amide bonds. The number of rotatable bonds is 5. The van der Waals surface area contributed by atoms with Gasteiger partial charge in [-0.3, -0.25) is 0 Å². The molecule has 1 aromatic carbocycles. The van der Waals surface area contributed by atoms with E-state index in [4.69, 9.17) is 14.1 Å². The molecule has 0 bridgehead atoms. The minimum Gasteiger partial charge on any atom is -0.437 e. The van der Waals surface area contributed by atoms with E-state index in [2.05, 4.69) is 0 Å². The van der Waals surface area contributed by atoms with Crippen LogP contribution < -0.4 is 5.46 Å². The third kappa shape index (κ3) is 3.80. The van der Waals surface area contributed by atoms with Gasteiger partial charge in [0.15, 0.2) is 6.29 Å². The minimum absolute atomic E-state index is 0.155. The SMILES string of the molecule is COBc1ccc(F)cc1COC1CCCCO1. The summed E-state index contributed by atoms with van der Waals surface area (Å²) in [5.74, 6) is -0.252. The van der Waals surface area contributed by atoms with Crippen LogP contribution in [0.4, 0.5) is 4.39 Å². The summed E-state index contributed by atoms with van der Waals surface area (Å²) in [6, 6.07) is 4.67. The third-order valence-electron chi connectivity index (χ3n) is 3.03. The maximum Gasteiger partial charge on any atom is 0.308 e. The van der Waals surface area contributed by atoms with E-state index < -0.39 is 0 Å². The molecule has 1 fully saturated rings. The molecule has 0 aliphatic carbocycles. The van der Waals surface area contributed by atoms with Gasteiger partial charge in [-0.15, -0.1) is 0 Å². The smallest absolute Gasteiger partial charge is 0.308 e. The van der Waals surface area contributed by atoms with Gasteiger partial charge in [-0.2, -0.15) is 0 Å². The van der Waals surface area contributed by atoms with Gasteiger partial charge in [0.05, 0.1) is 6.61 Å². The lowest BCUT2D eigenvalue weighted by Gasteiger charge is -2.23. The summed E-state index contributed by atoms with van der Waals surface area (Å²) >= 11 is 0. The van der Waals surface area contributed by atoms with Gasteiger partial charge in [0.2, 0.25) is 0 Å². The average molecular weight is 252 g/mol. The molecule has 1 unspecified atom stereocenters. The number of hydrogen-bond donors (Lipinski definition) is 0. The average Bonchev–Trinajstić information content (AvgIpc) is 2.40. The molecule has 1 atom stereocenters. The van der Waals surface area contributed by atoms with Crippen molar-refractivity contribution in [2.45, 2.75) is 32.2 Å². The Morgan fingerprint density at radius 1 is 1.44 bits per heavy atom. The molecule has 1 aliphatic heterocycles. The number of benzene rings is 1. The van der Waals surface area contributed by atoms with E-state index in [-0.39, 0.29) is 12.1 Å². The molecule has 0 radical (unpaired) electrons. The van der Waals surface area contributed by atoms with Gasteiger partial charge in [0.1, 0.15) is 5.82 Å². The lowest BCUT2D eigenvalue weighted by atomic mass is 9.84. The zero-order valence-corrected chi connectivity index (χ0v) is 10.7. The van der Waals surface area contributed by atoms with Crippen molar-refractivity contribution in [1.29, 1.82) is 0 Å². The van der Waals surface area contributed by atoms with Crippen molar-refractivity contribution in [3.8, 4) is 0 Å². The second-order valence-electron chi connectivity index (χ2n) is 4.45. The first kappa shape index (κ1) is 13.5. The van der Waals surface area contributed by atoms with Crippen molar-refractivity contribution >= 4 is 12.9 Å². The summed E-state index contributed by atoms with van der Waals surface area (Å²) in [4.78, 5) is 0. The predicted octanol–water partition coefficient (Wildman–Crippen LogP) is 1.49. The van der Waals surface area contributed by atoms with Gasteiger partial charge < -0.3 is 14.1 Å². The predicted molar refractivity (Wildman–Crippen MR) is 68.6 cm³/mol. The van der Waals surface area contributed by atoms with Gasteiger partial charge >= 0.3 is 7.48 Å². The van der Waals surface area contributed by atoms with E-state index in [1.165, 1.54) is 12.1 Å². The Bertz CT molecular complexity index is 380. The Balaban J connectivity index is 1.95. The molecular weight excluding hydrogens is 234 g/mol. The standard InChI is InChI=1S/C13H18BFO3/c1-16-14-12-6-5-11(15)8-10(12)9-18-13-4-2-3-7-17-13/h5-6,8,13-14H,2-4,7,9H2,1H3. The van der Waals surface area contributed by atoms with Crippen LogP contribution in [0.2, 0.25) is 0 Å². The second kappa shape index (κ2) is 6.88. The molecule has 0 spiro atoms. The molecule has 0 aromatic heterocycles. The quantitative estimate of drug-likeness (QED) is 0.743. The van der Waals surface area contributed by atoms with Gasteiger partial charge in [-0.05, 0) is 42.4 Å². The zero-order chi connectivity index (χ0) is 12.8. The Hall–Kier alpha value is -0.905. The summed E-state index contributed by atoms with van der Waals surface area (Å²) in [5.41, 5.74) is 1.78. The Labute approximate surface area is 108 Å². The van der Waals surface area contributed by atoms with Crippen molar-refractivity contribution in [2.75, 3.05) is 13.7 Å². The lowest BCUT2D eigenvalue weighted by Crippen LogP contribution is -2.26. The fourth-order valence-corrected chi connectivity index (χ4v) is 2.05. The van der Waals surface area contributed by atoms with Crippen LogP contribution in [0.15, 0.2) is 18.2 Å². The van der Waals surface area contributed by atoms with E-state index in [0.29, 0.717) is 14.1 Å². The van der Waals surface area contributed by atoms with E-state index in [1.54, 1.807) is 13.2 Å². The van der Waals surface area contributed by atoms with Crippen molar-refractivity contribution in [3.05, 3.63) is 29.6 Å². The molecule has 2 rings (SSSR count). The molecule has 0 saturated carbocycles. The molecule has 1 heterocycles. The highest BCUT2D eigenvalue weighted by Crippen LogP contribution is 2.15. The van der Waals surface area contributed by atoms with Crippen LogP contribution in [0.1, 0.15) is 24.8 Å². The molecule has 1 aliphatic rings. The van der Waals surface area contributed by atoms with Gasteiger partial charge in [0, 0.05) is 13.7 Å². The fourth-order valence-electron chi connectivity index (χ4n) is 2.05. The Morgan fingerprint density at radius 3 is 3.06 bits per heavy atom. The molecule has 1 aromatic rings. The molecule has 3 nitrogen and oxygen atoms in total. The van der Waals surface area contributed by atoms with E-state index in [0.717, 1.165) is 36.9 Å². The molecule has 18 heavy (non-hydrogen) atoms. The fraction of sp³-hybridized carbons (Fsp3) is 0.538. The van der Waals surface area contributed by atoms with Crippen LogP contribution in [0.5, 0.6) is 0 Å². The normalized spacial score (nSPS) is 19.8. The summed E-state index contributed by atoms with van der Waals surface area (Å²) in [5, 5.41) is 0. The van der Waals surface area contributed by atoms with Crippen molar-refractivity contribution in [1.82, 2.24) is 0 Å². The van der Waals surface area contributed by atoms with E-state index >= 15 is 0 Å². The van der Waals surface area contributed by atoms with Gasteiger partial charge in [-0.1, -0.05) is 6.07 Å². The molecule has 1 saturated heterocycles. The van der Waals surface area contributed by atoms with Gasteiger partial charge in [0.25, 0.3) is 0 Å². The summed E-state index contributed by atoms with van der Waals surface area (Å²) in [7, 11) is 2.09. The van der Waals surface area contributed by atoms with E-state index in [1.807, 2.05) is 0 Å². The van der Waals surface area contributed by atoms with Crippen LogP contribution in [0.3, 0.4) is 0 Å². The first-order valence-electron chi connectivity index (χ1n) is 6.29. The van der Waals surface area contributed by atoms with Crippen molar-refractivity contribution in [2.24, 2.45) is 0 Å². The van der Waals surface area contributed by atoms with Crippen LogP contribution in [0, 0.1) is 5.82 Å².